The molecule has 1 aliphatic heterocycles. The monoisotopic (exact) mass is 423 g/mol. The molecule has 154 valence electrons. The zero-order valence-corrected chi connectivity index (χ0v) is 17.1. The highest BCUT2D eigenvalue weighted by molar-refractivity contribution is 6.28. The lowest BCUT2D eigenvalue weighted by Crippen LogP contribution is -2.44. The second kappa shape index (κ2) is 7.95. The number of hydrogen-bond acceptors (Lipinski definition) is 5. The predicted octanol–water partition coefficient (Wildman–Crippen LogP) is 3.06. The Morgan fingerprint density at radius 3 is 3.10 bits per heavy atom. The Balaban J connectivity index is 1.23. The number of para-hydroxylation sites is 1. The lowest BCUT2D eigenvalue weighted by Gasteiger charge is -2.33. The molecule has 0 bridgehead atoms. The van der Waals surface area contributed by atoms with E-state index < -0.39 is 0 Å². The summed E-state index contributed by atoms with van der Waals surface area (Å²) in [4.78, 5) is 34.0. The molecule has 1 aliphatic rings. The quantitative estimate of drug-likeness (QED) is 0.428. The minimum Gasteiger partial charge on any atom is -0.361 e. The van der Waals surface area contributed by atoms with Crippen LogP contribution in [-0.2, 0) is 11.2 Å². The summed E-state index contributed by atoms with van der Waals surface area (Å²) in [6, 6.07) is 8.21. The molecule has 1 saturated heterocycles. The number of aromatic amines is 2. The minimum atomic E-state index is -0.0894. The molecule has 4 heterocycles. The van der Waals surface area contributed by atoms with Gasteiger partial charge >= 0.3 is 0 Å². The molecular weight excluding hydrogens is 402 g/mol. The first-order chi connectivity index (χ1) is 14.7. The van der Waals surface area contributed by atoms with Gasteiger partial charge in [-0.3, -0.25) is 4.79 Å². The van der Waals surface area contributed by atoms with E-state index in [1.165, 1.54) is 10.9 Å². The van der Waals surface area contributed by atoms with Gasteiger partial charge in [-0.25, -0.2) is 4.98 Å². The van der Waals surface area contributed by atoms with Crippen molar-refractivity contribution in [3.05, 3.63) is 47.6 Å². The highest BCUT2D eigenvalue weighted by atomic mass is 35.5. The Bertz CT molecular complexity index is 1200. The van der Waals surface area contributed by atoms with Crippen molar-refractivity contribution < 1.29 is 4.79 Å². The number of fused-ring (bicyclic) bond motifs is 2. The number of H-pyrrole nitrogens is 2. The fourth-order valence-corrected chi connectivity index (χ4v) is 4.37. The molecule has 1 atom stereocenters. The third-order valence-electron chi connectivity index (χ3n) is 5.70. The number of imidazole rings is 1. The number of hydrogen-bond donors (Lipinski definition) is 3. The average Bonchev–Trinajstić information content (AvgIpc) is 3.40. The third kappa shape index (κ3) is 3.59. The number of piperidine rings is 1. The Hall–Kier alpha value is -3.13. The molecule has 1 amide bonds. The minimum absolute atomic E-state index is 0.0838. The van der Waals surface area contributed by atoms with E-state index in [9.17, 15) is 4.79 Å². The topological polar surface area (TPSA) is 103 Å². The Morgan fingerprint density at radius 1 is 1.27 bits per heavy atom. The van der Waals surface area contributed by atoms with Crippen LogP contribution in [0, 0.1) is 5.92 Å². The lowest BCUT2D eigenvalue weighted by atomic mass is 9.97. The summed E-state index contributed by atoms with van der Waals surface area (Å²) in [5, 5.41) is 4.48. The number of nitrogens with zero attached hydrogens (tertiary/aromatic N) is 4. The summed E-state index contributed by atoms with van der Waals surface area (Å²) in [5.74, 6) is 0.702. The van der Waals surface area contributed by atoms with Crippen LogP contribution < -0.4 is 10.2 Å². The van der Waals surface area contributed by atoms with Crippen molar-refractivity contribution in [2.75, 3.05) is 24.5 Å². The maximum Gasteiger partial charge on any atom is 0.226 e. The Labute approximate surface area is 178 Å². The number of amides is 1. The number of carbonyl (C=O) groups excluding carboxylic acids is 1. The van der Waals surface area contributed by atoms with Gasteiger partial charge in [0.15, 0.2) is 11.5 Å². The standard InChI is InChI=1S/C21H22ClN7O/c22-21-27-18-17(25-12-26-18)19(28-21)29-9-3-4-14(11-29)20(30)23-8-7-13-10-24-16-6-2-1-5-15(13)16/h1-2,5-6,10,12,14,24H,3-4,7-9,11H2,(H,23,30)(H,25,26,27,28). The summed E-state index contributed by atoms with van der Waals surface area (Å²) in [7, 11) is 0. The van der Waals surface area contributed by atoms with Crippen LogP contribution in [0.1, 0.15) is 18.4 Å². The van der Waals surface area contributed by atoms with E-state index in [4.69, 9.17) is 11.6 Å². The molecule has 30 heavy (non-hydrogen) atoms. The zero-order valence-electron chi connectivity index (χ0n) is 16.4. The van der Waals surface area contributed by atoms with Crippen LogP contribution in [0.2, 0.25) is 5.28 Å². The smallest absolute Gasteiger partial charge is 0.226 e. The predicted molar refractivity (Wildman–Crippen MR) is 117 cm³/mol. The first-order valence-corrected chi connectivity index (χ1v) is 10.5. The van der Waals surface area contributed by atoms with E-state index in [0.29, 0.717) is 24.6 Å². The number of rotatable bonds is 5. The molecule has 1 aromatic carbocycles. The van der Waals surface area contributed by atoms with Gasteiger partial charge in [-0.15, -0.1) is 0 Å². The van der Waals surface area contributed by atoms with Crippen molar-refractivity contribution in [1.82, 2.24) is 30.2 Å². The molecule has 3 aromatic heterocycles. The van der Waals surface area contributed by atoms with Gasteiger partial charge in [0, 0.05) is 36.7 Å². The fourth-order valence-electron chi connectivity index (χ4n) is 4.21. The normalized spacial score (nSPS) is 17.0. The maximum absolute atomic E-state index is 12.8. The van der Waals surface area contributed by atoms with Crippen molar-refractivity contribution in [2.24, 2.45) is 5.92 Å². The highest BCUT2D eigenvalue weighted by Gasteiger charge is 2.28. The van der Waals surface area contributed by atoms with E-state index in [1.54, 1.807) is 6.33 Å². The Kier molecular flexibility index (Phi) is 5.00. The van der Waals surface area contributed by atoms with E-state index in [2.05, 4.69) is 47.3 Å². The van der Waals surface area contributed by atoms with Gasteiger partial charge in [-0.05, 0) is 42.5 Å². The molecule has 5 rings (SSSR count). The molecule has 0 aliphatic carbocycles. The lowest BCUT2D eigenvalue weighted by molar-refractivity contribution is -0.125. The molecule has 0 spiro atoms. The molecule has 1 fully saturated rings. The number of aromatic nitrogens is 5. The summed E-state index contributed by atoms with van der Waals surface area (Å²) in [5.41, 5.74) is 3.62. The van der Waals surface area contributed by atoms with Gasteiger partial charge in [-0.2, -0.15) is 9.97 Å². The zero-order chi connectivity index (χ0) is 20.5. The van der Waals surface area contributed by atoms with Gasteiger partial charge in [0.1, 0.15) is 5.52 Å². The van der Waals surface area contributed by atoms with Crippen LogP contribution >= 0.6 is 11.6 Å². The van der Waals surface area contributed by atoms with Crippen LogP contribution in [-0.4, -0.2) is 50.5 Å². The largest absolute Gasteiger partial charge is 0.361 e. The van der Waals surface area contributed by atoms with Gasteiger partial charge in [-0.1, -0.05) is 18.2 Å². The highest BCUT2D eigenvalue weighted by Crippen LogP contribution is 2.27. The Morgan fingerprint density at radius 2 is 2.17 bits per heavy atom. The van der Waals surface area contributed by atoms with E-state index >= 15 is 0 Å². The van der Waals surface area contributed by atoms with Crippen molar-refractivity contribution in [1.29, 1.82) is 0 Å². The van der Waals surface area contributed by atoms with Crippen LogP contribution in [0.15, 0.2) is 36.8 Å². The van der Waals surface area contributed by atoms with Crippen LogP contribution in [0.3, 0.4) is 0 Å². The molecule has 0 radical (unpaired) electrons. The average molecular weight is 424 g/mol. The number of carbonyl (C=O) groups is 1. The third-order valence-corrected chi connectivity index (χ3v) is 5.87. The van der Waals surface area contributed by atoms with Crippen molar-refractivity contribution in [2.45, 2.75) is 19.3 Å². The molecular formula is C21H22ClN7O. The van der Waals surface area contributed by atoms with Gasteiger partial charge in [0.25, 0.3) is 0 Å². The first-order valence-electron chi connectivity index (χ1n) is 10.1. The maximum atomic E-state index is 12.8. The summed E-state index contributed by atoms with van der Waals surface area (Å²) < 4.78 is 0. The van der Waals surface area contributed by atoms with Crippen LogP contribution in [0.4, 0.5) is 5.82 Å². The second-order valence-corrected chi connectivity index (χ2v) is 7.94. The van der Waals surface area contributed by atoms with Gasteiger partial charge in [0.05, 0.1) is 12.2 Å². The van der Waals surface area contributed by atoms with Crippen molar-refractivity contribution in [3.63, 3.8) is 0 Å². The summed E-state index contributed by atoms with van der Waals surface area (Å²) in [6.07, 6.45) is 6.17. The number of anilines is 1. The molecule has 0 saturated carbocycles. The first kappa shape index (κ1) is 18.9. The fraction of sp³-hybridized carbons (Fsp3) is 0.333. The number of halogens is 1. The second-order valence-electron chi connectivity index (χ2n) is 7.60. The van der Waals surface area contributed by atoms with Gasteiger partial charge in [0.2, 0.25) is 11.2 Å². The van der Waals surface area contributed by atoms with E-state index in [0.717, 1.165) is 36.8 Å². The van der Waals surface area contributed by atoms with Crippen LogP contribution in [0.5, 0.6) is 0 Å². The summed E-state index contributed by atoms with van der Waals surface area (Å²) >= 11 is 6.07. The van der Waals surface area contributed by atoms with Crippen molar-refractivity contribution in [3.8, 4) is 0 Å². The summed E-state index contributed by atoms with van der Waals surface area (Å²) in [6.45, 7) is 2.03. The van der Waals surface area contributed by atoms with E-state index in [1.807, 2.05) is 18.3 Å². The van der Waals surface area contributed by atoms with Gasteiger partial charge < -0.3 is 20.2 Å². The number of benzene rings is 1. The molecule has 3 N–H and O–H groups in total. The molecule has 1 unspecified atom stereocenters. The molecule has 4 aromatic rings. The SMILES string of the molecule is O=C(NCCc1c[nH]c2ccccc12)C1CCCN(c2nc(Cl)nc3nc[nH]c23)C1. The van der Waals surface area contributed by atoms with Crippen LogP contribution in [0.25, 0.3) is 22.1 Å². The molecule has 9 heteroatoms. The molecule has 8 nitrogen and oxygen atoms in total. The van der Waals surface area contributed by atoms with E-state index in [-0.39, 0.29) is 17.1 Å². The van der Waals surface area contributed by atoms with Crippen molar-refractivity contribution >= 4 is 45.4 Å². The number of nitrogens with one attached hydrogen (secondary N) is 3.